The first-order valence-corrected chi connectivity index (χ1v) is 16.1. The molecule has 1 heteroatoms. The van der Waals surface area contributed by atoms with E-state index in [9.17, 15) is 0 Å². The zero-order chi connectivity index (χ0) is 25.7. The van der Waals surface area contributed by atoms with Gasteiger partial charge < -0.3 is 0 Å². The van der Waals surface area contributed by atoms with Gasteiger partial charge in [-0.2, -0.15) is 0 Å². The summed E-state index contributed by atoms with van der Waals surface area (Å²) in [6, 6.07) is 4.79. The van der Waals surface area contributed by atoms with Crippen molar-refractivity contribution in [2.24, 2.45) is 52.3 Å². The van der Waals surface area contributed by atoms with E-state index in [4.69, 9.17) is 4.98 Å². The fraction of sp³-hybridized carbons (Fsp3) is 0.857. The van der Waals surface area contributed by atoms with Gasteiger partial charge in [-0.15, -0.1) is 0 Å². The fourth-order valence-corrected chi connectivity index (χ4v) is 10.9. The van der Waals surface area contributed by atoms with E-state index in [2.05, 4.69) is 66.8 Å². The minimum Gasteiger partial charge on any atom is -0.260 e. The lowest BCUT2D eigenvalue weighted by Crippen LogP contribution is -2.49. The lowest BCUT2D eigenvalue weighted by atomic mass is 9.48. The van der Waals surface area contributed by atoms with Gasteiger partial charge in [0.25, 0.3) is 0 Å². The maximum atomic E-state index is 5.04. The summed E-state index contributed by atoms with van der Waals surface area (Å²) in [5.41, 5.74) is 4.23. The lowest BCUT2D eigenvalue weighted by Gasteiger charge is -2.57. The van der Waals surface area contributed by atoms with Gasteiger partial charge in [0, 0.05) is 17.3 Å². The Bertz CT molecular complexity index is 870. The number of fused-ring (bicyclic) bond motifs is 5. The summed E-state index contributed by atoms with van der Waals surface area (Å²) in [4.78, 5) is 5.04. The zero-order valence-corrected chi connectivity index (χ0v) is 24.9. The predicted molar refractivity (Wildman–Crippen MR) is 154 cm³/mol. The molecule has 0 aromatic carbocycles. The van der Waals surface area contributed by atoms with Crippen LogP contribution in [0.1, 0.15) is 137 Å². The molecule has 0 aliphatic heterocycles. The van der Waals surface area contributed by atoms with Crippen LogP contribution in [0.4, 0.5) is 0 Å². The van der Waals surface area contributed by atoms with E-state index in [-0.39, 0.29) is 5.41 Å². The second-order valence-corrected chi connectivity index (χ2v) is 15.1. The van der Waals surface area contributed by atoms with Crippen LogP contribution < -0.4 is 0 Å². The topological polar surface area (TPSA) is 12.9 Å². The van der Waals surface area contributed by atoms with E-state index >= 15 is 0 Å². The summed E-state index contributed by atoms with van der Waals surface area (Å²) in [5.74, 6) is 6.85. The number of hydrogen-bond donors (Lipinski definition) is 0. The summed E-state index contributed by atoms with van der Waals surface area (Å²) >= 11 is 0. The van der Waals surface area contributed by atoms with Gasteiger partial charge in [-0.25, -0.2) is 0 Å². The molecule has 0 spiro atoms. The third-order valence-electron chi connectivity index (χ3n) is 13.2. The quantitative estimate of drug-likeness (QED) is 0.370. The monoisotopic (exact) mass is 491 g/mol. The molecule has 4 aliphatic rings. The molecule has 0 saturated heterocycles. The number of aromatic nitrogens is 1. The summed E-state index contributed by atoms with van der Waals surface area (Å²) in [5, 5.41) is 0. The lowest BCUT2D eigenvalue weighted by molar-refractivity contribution is -0.0807. The minimum atomic E-state index is 0.266. The van der Waals surface area contributed by atoms with Crippen LogP contribution in [0.3, 0.4) is 0 Å². The molecule has 8 atom stereocenters. The number of nitrogens with zero attached hydrogens (tertiary/aromatic N) is 1. The molecule has 1 nitrogen and oxygen atoms in total. The van der Waals surface area contributed by atoms with Crippen molar-refractivity contribution >= 4 is 0 Å². The predicted octanol–water partition coefficient (Wildman–Crippen LogP) is 10.0. The Kier molecular flexibility index (Phi) is 7.46. The van der Waals surface area contributed by atoms with Crippen LogP contribution in [-0.2, 0) is 11.8 Å². The van der Waals surface area contributed by atoms with Crippen LogP contribution in [0.25, 0.3) is 0 Å². The van der Waals surface area contributed by atoms with E-state index in [0.29, 0.717) is 10.8 Å². The van der Waals surface area contributed by atoms with Crippen molar-refractivity contribution in [1.29, 1.82) is 0 Å². The van der Waals surface area contributed by atoms with E-state index < -0.39 is 0 Å². The molecule has 0 bridgehead atoms. The highest BCUT2D eigenvalue weighted by Gasteiger charge is 2.57. The van der Waals surface area contributed by atoms with Crippen LogP contribution in [0.5, 0.6) is 0 Å². The van der Waals surface area contributed by atoms with Crippen LogP contribution in [-0.4, -0.2) is 4.98 Å². The molecule has 1 aromatic rings. The third-order valence-corrected chi connectivity index (χ3v) is 13.2. The van der Waals surface area contributed by atoms with Crippen molar-refractivity contribution in [1.82, 2.24) is 4.98 Å². The highest BCUT2D eigenvalue weighted by atomic mass is 14.7. The fourth-order valence-electron chi connectivity index (χ4n) is 10.9. The Balaban J connectivity index is 1.26. The molecule has 3 unspecified atom stereocenters. The molecule has 202 valence electrons. The molecular weight excluding hydrogens is 434 g/mol. The largest absolute Gasteiger partial charge is 0.260 e. The molecule has 5 rings (SSSR count). The van der Waals surface area contributed by atoms with Crippen LogP contribution >= 0.6 is 0 Å². The SMILES string of the molecule is CCC(CC)(CC)c1ccc(C[C@@H](C)[C@H]2CC[C@H]3[C@@H]4CCC5CC(C)(C)CCC5[C@H]4CCC23C)cn1. The van der Waals surface area contributed by atoms with E-state index in [1.165, 1.54) is 88.3 Å². The van der Waals surface area contributed by atoms with Gasteiger partial charge in [-0.05, 0) is 147 Å². The summed E-state index contributed by atoms with van der Waals surface area (Å²) in [7, 11) is 0. The molecule has 4 fully saturated rings. The summed E-state index contributed by atoms with van der Waals surface area (Å²) in [6.45, 7) is 17.4. The van der Waals surface area contributed by atoms with Crippen LogP contribution in [0, 0.1) is 52.3 Å². The summed E-state index contributed by atoms with van der Waals surface area (Å²) < 4.78 is 0. The standard InChI is InChI=1S/C35H57N/c1-8-35(9-2,10-3)32-16-11-25(23-36-32)21-24(4)30-14-15-31-29-13-12-26-22-33(5,6)19-17-27(26)28(29)18-20-34(30,31)7/h11,16,23-24,26-31H,8-10,12-15,17-22H2,1-7H3/t24-,26?,27?,28-,29-,30-,31+,34?/m1/s1. The van der Waals surface area contributed by atoms with Gasteiger partial charge in [0.05, 0.1) is 0 Å². The maximum Gasteiger partial charge on any atom is 0.0465 e. The van der Waals surface area contributed by atoms with E-state index in [0.717, 1.165) is 41.4 Å². The number of pyridine rings is 1. The number of rotatable bonds is 7. The van der Waals surface area contributed by atoms with Gasteiger partial charge in [-0.3, -0.25) is 4.98 Å². The van der Waals surface area contributed by atoms with Crippen molar-refractivity contribution in [2.45, 2.75) is 137 Å². The van der Waals surface area contributed by atoms with Crippen molar-refractivity contribution in [2.75, 3.05) is 0 Å². The van der Waals surface area contributed by atoms with Gasteiger partial charge in [0.1, 0.15) is 0 Å². The van der Waals surface area contributed by atoms with Crippen molar-refractivity contribution in [3.63, 3.8) is 0 Å². The van der Waals surface area contributed by atoms with Gasteiger partial charge in [0.2, 0.25) is 0 Å². The second kappa shape index (κ2) is 10.0. The highest BCUT2D eigenvalue weighted by molar-refractivity contribution is 5.22. The second-order valence-electron chi connectivity index (χ2n) is 15.1. The van der Waals surface area contributed by atoms with Gasteiger partial charge >= 0.3 is 0 Å². The third kappa shape index (κ3) is 4.51. The Morgan fingerprint density at radius 1 is 0.861 bits per heavy atom. The normalized spacial score (nSPS) is 38.6. The molecule has 0 amide bonds. The maximum absolute atomic E-state index is 5.04. The molecule has 0 N–H and O–H groups in total. The molecule has 1 aromatic heterocycles. The smallest absolute Gasteiger partial charge is 0.0465 e. The molecule has 36 heavy (non-hydrogen) atoms. The van der Waals surface area contributed by atoms with Gasteiger partial charge in [0.15, 0.2) is 0 Å². The molecule has 4 aliphatic carbocycles. The minimum absolute atomic E-state index is 0.266. The summed E-state index contributed by atoms with van der Waals surface area (Å²) in [6.07, 6.45) is 20.6. The van der Waals surface area contributed by atoms with Crippen molar-refractivity contribution in [3.05, 3.63) is 29.6 Å². The average Bonchev–Trinajstić information content (AvgIpc) is 3.23. The Labute approximate surface area is 224 Å². The highest BCUT2D eigenvalue weighted by Crippen LogP contribution is 2.66. The van der Waals surface area contributed by atoms with E-state index in [1.54, 1.807) is 6.42 Å². The van der Waals surface area contributed by atoms with Crippen LogP contribution in [0.15, 0.2) is 18.3 Å². The molecule has 4 saturated carbocycles. The van der Waals surface area contributed by atoms with Crippen molar-refractivity contribution < 1.29 is 0 Å². The Morgan fingerprint density at radius 3 is 2.25 bits per heavy atom. The first-order chi connectivity index (χ1) is 17.2. The molecule has 0 radical (unpaired) electrons. The van der Waals surface area contributed by atoms with Crippen molar-refractivity contribution in [3.8, 4) is 0 Å². The molecule has 1 heterocycles. The first kappa shape index (κ1) is 26.7. The van der Waals surface area contributed by atoms with Gasteiger partial charge in [-0.1, -0.05) is 54.5 Å². The zero-order valence-electron chi connectivity index (χ0n) is 24.9. The molecular formula is C35H57N. The van der Waals surface area contributed by atoms with Crippen LogP contribution in [0.2, 0.25) is 0 Å². The number of hydrogen-bond acceptors (Lipinski definition) is 1. The Morgan fingerprint density at radius 2 is 1.58 bits per heavy atom. The van der Waals surface area contributed by atoms with E-state index in [1.807, 2.05) is 0 Å². The average molecular weight is 492 g/mol. The first-order valence-electron chi connectivity index (χ1n) is 16.1. The Hall–Kier alpha value is -0.850.